The fourth-order valence-corrected chi connectivity index (χ4v) is 3.82. The Labute approximate surface area is 198 Å². The summed E-state index contributed by atoms with van der Waals surface area (Å²) in [5.41, 5.74) is 3.66. The van der Waals surface area contributed by atoms with E-state index < -0.39 is 5.60 Å². The van der Waals surface area contributed by atoms with Crippen molar-refractivity contribution in [3.63, 3.8) is 0 Å². The van der Waals surface area contributed by atoms with Gasteiger partial charge in [0.2, 0.25) is 0 Å². The van der Waals surface area contributed by atoms with Crippen LogP contribution in [0, 0.1) is 12.3 Å². The molecule has 166 valence electrons. The largest absolute Gasteiger partial charge is 0.453 e. The van der Waals surface area contributed by atoms with Crippen molar-refractivity contribution in [1.29, 1.82) is 0 Å². The molecule has 5 aromatic rings. The fraction of sp³-hybridized carbons (Fsp3) is 0.133. The maximum Gasteiger partial charge on any atom is 0.171 e. The Kier molecular flexibility index (Phi) is 5.39. The molecule has 0 aliphatic carbocycles. The zero-order chi connectivity index (χ0) is 23.7. The number of fused-ring (bicyclic) bond motifs is 2. The van der Waals surface area contributed by atoms with Gasteiger partial charge in [0.25, 0.3) is 0 Å². The molecule has 0 aliphatic rings. The first-order valence-corrected chi connectivity index (χ1v) is 11.1. The molecule has 0 bridgehead atoms. The quantitative estimate of drug-likeness (QED) is 0.224. The van der Waals surface area contributed by atoms with E-state index in [0.29, 0.717) is 28.0 Å². The van der Waals surface area contributed by atoms with Crippen molar-refractivity contribution in [2.24, 2.45) is 5.16 Å². The Morgan fingerprint density at radius 2 is 1.65 bits per heavy atom. The Morgan fingerprint density at radius 3 is 2.41 bits per heavy atom. The molecule has 0 N–H and O–H groups in total. The van der Waals surface area contributed by atoms with E-state index in [-0.39, 0.29) is 0 Å². The van der Waals surface area contributed by atoms with Gasteiger partial charge in [0, 0.05) is 17.0 Å². The molecule has 0 aliphatic heterocycles. The average Bonchev–Trinajstić information content (AvgIpc) is 2.86. The Hall–Kier alpha value is -4.36. The van der Waals surface area contributed by atoms with Crippen molar-refractivity contribution in [3.05, 3.63) is 96.0 Å². The van der Waals surface area contributed by atoms with Crippen LogP contribution in [-0.2, 0) is 4.84 Å². The van der Waals surface area contributed by atoms with Crippen LogP contribution in [0.5, 0.6) is 0 Å². The summed E-state index contributed by atoms with van der Waals surface area (Å²) in [5.74, 6) is 3.25. The lowest BCUT2D eigenvalue weighted by molar-refractivity contribution is -0.00590. The highest BCUT2D eigenvalue weighted by Gasteiger charge is 2.17. The third kappa shape index (κ3) is 4.16. The molecule has 0 radical (unpaired) electrons. The standard InChI is InChI=1S/C30H24N2O2/c1-5-24-28(32-34-30(2,3)4)25-13-9-10-14-27(25)33-29(24)26-18-22-16-15-21(17-23(22)19-31-26)20-11-7-6-8-12-20/h1,6-19H,2-4H3. The molecule has 0 amide bonds. The summed E-state index contributed by atoms with van der Waals surface area (Å²) in [6.07, 6.45) is 7.81. The average molecular weight is 445 g/mol. The summed E-state index contributed by atoms with van der Waals surface area (Å²) in [7, 11) is 0. The highest BCUT2D eigenvalue weighted by atomic mass is 16.6. The van der Waals surface area contributed by atoms with Gasteiger partial charge in [0.15, 0.2) is 5.76 Å². The first-order chi connectivity index (χ1) is 16.4. The highest BCUT2D eigenvalue weighted by Crippen LogP contribution is 2.29. The van der Waals surface area contributed by atoms with E-state index in [0.717, 1.165) is 27.3 Å². The minimum atomic E-state index is -0.461. The van der Waals surface area contributed by atoms with Gasteiger partial charge in [-0.15, -0.1) is 6.42 Å². The summed E-state index contributed by atoms with van der Waals surface area (Å²) in [5, 5.41) is 7.87. The molecule has 0 saturated carbocycles. The van der Waals surface area contributed by atoms with Crippen LogP contribution in [0.1, 0.15) is 26.3 Å². The van der Waals surface area contributed by atoms with Crippen LogP contribution in [0.4, 0.5) is 0 Å². The second-order valence-electron chi connectivity index (χ2n) is 9.09. The second kappa shape index (κ2) is 8.53. The number of hydrogen-bond acceptors (Lipinski definition) is 4. The number of nitrogens with zero attached hydrogens (tertiary/aromatic N) is 2. The van der Waals surface area contributed by atoms with Crippen LogP contribution in [0.2, 0.25) is 0 Å². The molecule has 0 atom stereocenters. The number of pyridine rings is 1. The Balaban J connectivity index is 1.69. The Morgan fingerprint density at radius 1 is 0.882 bits per heavy atom. The summed E-state index contributed by atoms with van der Waals surface area (Å²) in [6.45, 7) is 5.82. The van der Waals surface area contributed by atoms with Crippen LogP contribution >= 0.6 is 0 Å². The van der Waals surface area contributed by atoms with Crippen LogP contribution in [0.25, 0.3) is 44.3 Å². The molecular weight excluding hydrogens is 420 g/mol. The zero-order valence-corrected chi connectivity index (χ0v) is 19.4. The molecule has 2 heterocycles. The lowest BCUT2D eigenvalue weighted by Crippen LogP contribution is -2.20. The van der Waals surface area contributed by atoms with E-state index in [1.54, 1.807) is 0 Å². The van der Waals surface area contributed by atoms with Crippen molar-refractivity contribution >= 4 is 21.7 Å². The number of hydrogen-bond donors (Lipinski definition) is 0. The molecule has 0 spiro atoms. The van der Waals surface area contributed by atoms with E-state index in [1.807, 2.05) is 75.5 Å². The lowest BCUT2D eigenvalue weighted by atomic mass is 10.0. The molecule has 4 nitrogen and oxygen atoms in total. The predicted molar refractivity (Wildman–Crippen MR) is 137 cm³/mol. The topological polar surface area (TPSA) is 47.6 Å². The number of rotatable bonds is 3. The predicted octanol–water partition coefficient (Wildman–Crippen LogP) is 6.93. The summed E-state index contributed by atoms with van der Waals surface area (Å²) >= 11 is 0. The van der Waals surface area contributed by atoms with Crippen LogP contribution in [0.15, 0.2) is 94.6 Å². The van der Waals surface area contributed by atoms with Crippen molar-refractivity contribution in [2.75, 3.05) is 0 Å². The van der Waals surface area contributed by atoms with Crippen molar-refractivity contribution in [3.8, 4) is 34.9 Å². The van der Waals surface area contributed by atoms with Crippen molar-refractivity contribution in [2.45, 2.75) is 26.4 Å². The van der Waals surface area contributed by atoms with Crippen LogP contribution in [0.3, 0.4) is 0 Å². The maximum absolute atomic E-state index is 6.26. The summed E-state index contributed by atoms with van der Waals surface area (Å²) in [6, 6.07) is 26.3. The second-order valence-corrected chi connectivity index (χ2v) is 9.09. The third-order valence-corrected chi connectivity index (χ3v) is 5.43. The van der Waals surface area contributed by atoms with E-state index in [9.17, 15) is 0 Å². The van der Waals surface area contributed by atoms with Gasteiger partial charge in [-0.05, 0) is 61.5 Å². The van der Waals surface area contributed by atoms with Gasteiger partial charge in [-0.2, -0.15) is 0 Å². The minimum absolute atomic E-state index is 0.461. The van der Waals surface area contributed by atoms with Crippen LogP contribution < -0.4 is 5.36 Å². The van der Waals surface area contributed by atoms with Crippen molar-refractivity contribution in [1.82, 2.24) is 4.98 Å². The highest BCUT2D eigenvalue weighted by molar-refractivity contribution is 5.90. The van der Waals surface area contributed by atoms with Gasteiger partial charge in [-0.3, -0.25) is 4.98 Å². The molecule has 34 heavy (non-hydrogen) atoms. The number of aromatic nitrogens is 1. The summed E-state index contributed by atoms with van der Waals surface area (Å²) < 4.78 is 6.26. The van der Waals surface area contributed by atoms with E-state index in [1.165, 1.54) is 0 Å². The van der Waals surface area contributed by atoms with Crippen LogP contribution in [-0.4, -0.2) is 10.6 Å². The Bertz CT molecular complexity index is 1620. The van der Waals surface area contributed by atoms with Gasteiger partial charge >= 0.3 is 0 Å². The molecule has 3 aromatic carbocycles. The molecular formula is C30H24N2O2. The first-order valence-electron chi connectivity index (χ1n) is 11.1. The molecule has 0 unspecified atom stereocenters. The SMILES string of the molecule is C#Cc1c(-c2cc3ccc(-c4ccccc4)cc3cn2)oc2ccccc2c1=NOC(C)(C)C. The number of para-hydroxylation sites is 1. The van der Waals surface area contributed by atoms with E-state index >= 15 is 0 Å². The molecule has 4 heteroatoms. The number of benzene rings is 3. The van der Waals surface area contributed by atoms with E-state index in [4.69, 9.17) is 20.7 Å². The monoisotopic (exact) mass is 444 g/mol. The molecule has 5 rings (SSSR count). The maximum atomic E-state index is 6.26. The van der Waals surface area contributed by atoms with Gasteiger partial charge in [-0.25, -0.2) is 0 Å². The number of terminal acetylenes is 1. The molecule has 0 fully saturated rings. The van der Waals surface area contributed by atoms with Crippen molar-refractivity contribution < 1.29 is 9.25 Å². The first kappa shape index (κ1) is 21.5. The van der Waals surface area contributed by atoms with Gasteiger partial charge in [-0.1, -0.05) is 65.7 Å². The molecule has 2 aromatic heterocycles. The summed E-state index contributed by atoms with van der Waals surface area (Å²) in [4.78, 5) is 10.5. The minimum Gasteiger partial charge on any atom is -0.453 e. The van der Waals surface area contributed by atoms with Gasteiger partial charge < -0.3 is 9.25 Å². The molecule has 0 saturated heterocycles. The fourth-order valence-electron chi connectivity index (χ4n) is 3.82. The van der Waals surface area contributed by atoms with Gasteiger partial charge in [0.1, 0.15) is 22.2 Å². The smallest absolute Gasteiger partial charge is 0.171 e. The normalized spacial score (nSPS) is 12.1. The zero-order valence-electron chi connectivity index (χ0n) is 19.4. The third-order valence-electron chi connectivity index (χ3n) is 5.43. The van der Waals surface area contributed by atoms with E-state index in [2.05, 4.69) is 41.4 Å². The lowest BCUT2D eigenvalue weighted by Gasteiger charge is -2.16. The van der Waals surface area contributed by atoms with Gasteiger partial charge in [0.05, 0.1) is 5.56 Å².